The number of amides is 2. The van der Waals surface area contributed by atoms with Crippen LogP contribution in [0.4, 0.5) is 4.79 Å². The molecule has 0 bridgehead atoms. The van der Waals surface area contributed by atoms with Gasteiger partial charge in [0, 0.05) is 0 Å². The SMILES string of the molecule is NC(=O)[C@H](NC(=O)O)c1ccccc1. The molecule has 0 saturated heterocycles. The first-order valence-electron chi connectivity index (χ1n) is 3.95. The molecule has 0 spiro atoms. The Hall–Kier alpha value is -2.04. The molecule has 1 aromatic rings. The zero-order chi connectivity index (χ0) is 10.6. The monoisotopic (exact) mass is 194 g/mol. The van der Waals surface area contributed by atoms with Crippen LogP contribution in [0.1, 0.15) is 11.6 Å². The second kappa shape index (κ2) is 4.27. The van der Waals surface area contributed by atoms with E-state index < -0.39 is 18.0 Å². The molecule has 1 aromatic carbocycles. The maximum Gasteiger partial charge on any atom is 0.405 e. The first-order chi connectivity index (χ1) is 6.61. The average molecular weight is 194 g/mol. The van der Waals surface area contributed by atoms with E-state index in [1.54, 1.807) is 30.3 Å². The fourth-order valence-electron chi connectivity index (χ4n) is 1.09. The number of rotatable bonds is 3. The summed E-state index contributed by atoms with van der Waals surface area (Å²) in [5, 5.41) is 10.5. The van der Waals surface area contributed by atoms with Crippen LogP contribution < -0.4 is 11.1 Å². The molecule has 0 aliphatic carbocycles. The highest BCUT2D eigenvalue weighted by Crippen LogP contribution is 2.11. The number of carbonyl (C=O) groups excluding carboxylic acids is 1. The molecule has 5 nitrogen and oxygen atoms in total. The Morgan fingerprint density at radius 1 is 1.29 bits per heavy atom. The van der Waals surface area contributed by atoms with Gasteiger partial charge >= 0.3 is 6.09 Å². The molecule has 0 unspecified atom stereocenters. The molecular weight excluding hydrogens is 184 g/mol. The van der Waals surface area contributed by atoms with Crippen molar-refractivity contribution in [3.05, 3.63) is 35.9 Å². The van der Waals surface area contributed by atoms with E-state index in [2.05, 4.69) is 0 Å². The van der Waals surface area contributed by atoms with Crippen LogP contribution in [-0.2, 0) is 4.79 Å². The summed E-state index contributed by atoms with van der Waals surface area (Å²) in [7, 11) is 0. The number of nitrogens with two attached hydrogens (primary N) is 1. The quantitative estimate of drug-likeness (QED) is 0.653. The van der Waals surface area contributed by atoms with Gasteiger partial charge in [0.2, 0.25) is 5.91 Å². The third-order valence-corrected chi connectivity index (χ3v) is 1.69. The minimum atomic E-state index is -1.28. The van der Waals surface area contributed by atoms with Crippen LogP contribution >= 0.6 is 0 Å². The van der Waals surface area contributed by atoms with Crippen molar-refractivity contribution in [2.24, 2.45) is 5.73 Å². The van der Waals surface area contributed by atoms with E-state index in [1.165, 1.54) is 0 Å². The minimum Gasteiger partial charge on any atom is -0.465 e. The van der Waals surface area contributed by atoms with E-state index in [-0.39, 0.29) is 0 Å². The predicted octanol–water partition coefficient (Wildman–Crippen LogP) is 0.481. The molecule has 1 atom stereocenters. The summed E-state index contributed by atoms with van der Waals surface area (Å²) < 4.78 is 0. The van der Waals surface area contributed by atoms with Gasteiger partial charge in [-0.25, -0.2) is 4.79 Å². The number of nitrogens with one attached hydrogen (secondary N) is 1. The summed E-state index contributed by atoms with van der Waals surface area (Å²) in [6.45, 7) is 0. The van der Waals surface area contributed by atoms with Crippen molar-refractivity contribution in [3.8, 4) is 0 Å². The molecular formula is C9H10N2O3. The van der Waals surface area contributed by atoms with Crippen molar-refractivity contribution in [3.63, 3.8) is 0 Å². The predicted molar refractivity (Wildman–Crippen MR) is 49.5 cm³/mol. The Bertz CT molecular complexity index is 337. The van der Waals surface area contributed by atoms with Gasteiger partial charge in [0.1, 0.15) is 6.04 Å². The molecule has 0 aromatic heterocycles. The summed E-state index contributed by atoms with van der Waals surface area (Å²) in [6.07, 6.45) is -1.28. The molecule has 4 N–H and O–H groups in total. The Kier molecular flexibility index (Phi) is 3.06. The van der Waals surface area contributed by atoms with E-state index in [0.29, 0.717) is 5.56 Å². The molecule has 0 heterocycles. The van der Waals surface area contributed by atoms with E-state index >= 15 is 0 Å². The Balaban J connectivity index is 2.89. The lowest BCUT2D eigenvalue weighted by molar-refractivity contribution is -0.120. The first kappa shape index (κ1) is 10.0. The van der Waals surface area contributed by atoms with Gasteiger partial charge in [-0.05, 0) is 5.56 Å². The Labute approximate surface area is 80.5 Å². The summed E-state index contributed by atoms with van der Waals surface area (Å²) in [5.74, 6) is -0.724. The lowest BCUT2D eigenvalue weighted by atomic mass is 10.1. The third kappa shape index (κ3) is 2.48. The molecule has 0 radical (unpaired) electrons. The number of benzene rings is 1. The number of hydrogen-bond acceptors (Lipinski definition) is 2. The maximum absolute atomic E-state index is 10.9. The van der Waals surface area contributed by atoms with Crippen LogP contribution in [0.25, 0.3) is 0 Å². The first-order valence-corrected chi connectivity index (χ1v) is 3.95. The van der Waals surface area contributed by atoms with Crippen LogP contribution in [0.2, 0.25) is 0 Å². The van der Waals surface area contributed by atoms with Crippen LogP contribution in [0, 0.1) is 0 Å². The average Bonchev–Trinajstić information content (AvgIpc) is 2.15. The zero-order valence-electron chi connectivity index (χ0n) is 7.31. The molecule has 0 aliphatic rings. The second-order valence-electron chi connectivity index (χ2n) is 2.70. The molecule has 5 heteroatoms. The maximum atomic E-state index is 10.9. The highest BCUT2D eigenvalue weighted by Gasteiger charge is 2.18. The minimum absolute atomic E-state index is 0.530. The van der Waals surface area contributed by atoms with Crippen LogP contribution in [0.15, 0.2) is 30.3 Å². The lowest BCUT2D eigenvalue weighted by Gasteiger charge is -2.12. The number of carboxylic acid groups (broad SMARTS) is 1. The van der Waals surface area contributed by atoms with Crippen LogP contribution in [0.3, 0.4) is 0 Å². The van der Waals surface area contributed by atoms with Crippen molar-refractivity contribution in [1.82, 2.24) is 5.32 Å². The molecule has 0 aliphatic heterocycles. The van der Waals surface area contributed by atoms with Gasteiger partial charge in [-0.2, -0.15) is 0 Å². The summed E-state index contributed by atoms with van der Waals surface area (Å²) >= 11 is 0. The number of primary amides is 1. The standard InChI is InChI=1S/C9H10N2O3/c10-8(12)7(11-9(13)14)6-4-2-1-3-5-6/h1-5,7,11H,(H2,10,12)(H,13,14)/t7-/m1/s1. The van der Waals surface area contributed by atoms with Gasteiger partial charge in [0.15, 0.2) is 0 Å². The number of hydrogen-bond donors (Lipinski definition) is 3. The highest BCUT2D eigenvalue weighted by atomic mass is 16.4. The van der Waals surface area contributed by atoms with E-state index in [0.717, 1.165) is 0 Å². The summed E-state index contributed by atoms with van der Waals surface area (Å²) in [5.41, 5.74) is 5.58. The van der Waals surface area contributed by atoms with Gasteiger partial charge in [-0.3, -0.25) is 4.79 Å². The molecule has 74 valence electrons. The number of carbonyl (C=O) groups is 2. The summed E-state index contributed by atoms with van der Waals surface area (Å²) in [6, 6.07) is 7.44. The van der Waals surface area contributed by atoms with E-state index in [1.807, 2.05) is 5.32 Å². The topological polar surface area (TPSA) is 92.4 Å². The van der Waals surface area contributed by atoms with Crippen molar-refractivity contribution >= 4 is 12.0 Å². The van der Waals surface area contributed by atoms with Crippen LogP contribution in [-0.4, -0.2) is 17.1 Å². The normalized spacial score (nSPS) is 11.7. The van der Waals surface area contributed by atoms with Gasteiger partial charge < -0.3 is 16.2 Å². The van der Waals surface area contributed by atoms with Gasteiger partial charge in [-0.1, -0.05) is 30.3 Å². The zero-order valence-corrected chi connectivity index (χ0v) is 7.31. The lowest BCUT2D eigenvalue weighted by Crippen LogP contribution is -2.36. The Morgan fingerprint density at radius 3 is 2.29 bits per heavy atom. The summed E-state index contributed by atoms with van der Waals surface area (Å²) in [4.78, 5) is 21.3. The smallest absolute Gasteiger partial charge is 0.405 e. The molecule has 14 heavy (non-hydrogen) atoms. The van der Waals surface area contributed by atoms with E-state index in [4.69, 9.17) is 10.8 Å². The molecule has 0 saturated carbocycles. The highest BCUT2D eigenvalue weighted by molar-refractivity contribution is 5.85. The molecule has 1 rings (SSSR count). The van der Waals surface area contributed by atoms with Crippen molar-refractivity contribution in [2.45, 2.75) is 6.04 Å². The van der Waals surface area contributed by atoms with Crippen molar-refractivity contribution in [2.75, 3.05) is 0 Å². The van der Waals surface area contributed by atoms with Crippen molar-refractivity contribution < 1.29 is 14.7 Å². The van der Waals surface area contributed by atoms with Gasteiger partial charge in [0.05, 0.1) is 0 Å². The second-order valence-corrected chi connectivity index (χ2v) is 2.70. The van der Waals surface area contributed by atoms with Crippen molar-refractivity contribution in [1.29, 1.82) is 0 Å². The van der Waals surface area contributed by atoms with Crippen LogP contribution in [0.5, 0.6) is 0 Å². The van der Waals surface area contributed by atoms with Gasteiger partial charge in [-0.15, -0.1) is 0 Å². The Morgan fingerprint density at radius 2 is 1.86 bits per heavy atom. The molecule has 2 amide bonds. The fraction of sp³-hybridized carbons (Fsp3) is 0.111. The third-order valence-electron chi connectivity index (χ3n) is 1.69. The molecule has 0 fully saturated rings. The van der Waals surface area contributed by atoms with E-state index in [9.17, 15) is 9.59 Å². The van der Waals surface area contributed by atoms with Gasteiger partial charge in [0.25, 0.3) is 0 Å². The largest absolute Gasteiger partial charge is 0.465 e. The fourth-order valence-corrected chi connectivity index (χ4v) is 1.09.